The van der Waals surface area contributed by atoms with Gasteiger partial charge in [0, 0.05) is 47.6 Å². The summed E-state index contributed by atoms with van der Waals surface area (Å²) in [5, 5.41) is 16.7. The van der Waals surface area contributed by atoms with Crippen molar-refractivity contribution in [3.05, 3.63) is 96.3 Å². The Morgan fingerprint density at radius 2 is 1.59 bits per heavy atom. The molecule has 0 unspecified atom stereocenters. The molecule has 236 valence electrons. The Labute approximate surface area is 267 Å². The number of carbonyl (C=O) groups excluding carboxylic acids is 2. The number of aromatic nitrogens is 3. The summed E-state index contributed by atoms with van der Waals surface area (Å²) in [6.45, 7) is 9.73. The summed E-state index contributed by atoms with van der Waals surface area (Å²) in [4.78, 5) is 35.2. The minimum atomic E-state index is -0.595. The first kappa shape index (κ1) is 30.6. The molecule has 3 heterocycles. The molecule has 6 rings (SSSR count). The molecule has 3 N–H and O–H groups in total. The van der Waals surface area contributed by atoms with Gasteiger partial charge in [0.2, 0.25) is 0 Å². The lowest BCUT2D eigenvalue weighted by atomic mass is 9.92. The van der Waals surface area contributed by atoms with Crippen LogP contribution in [0.2, 0.25) is 0 Å². The first-order chi connectivity index (χ1) is 22.1. The number of pyridine rings is 1. The minimum absolute atomic E-state index is 0.211. The first-order valence-electron chi connectivity index (χ1n) is 15.3. The Kier molecular flexibility index (Phi) is 8.58. The second kappa shape index (κ2) is 12.9. The number of amides is 3. The van der Waals surface area contributed by atoms with E-state index in [4.69, 9.17) is 14.7 Å². The van der Waals surface area contributed by atoms with E-state index in [-0.39, 0.29) is 5.41 Å². The van der Waals surface area contributed by atoms with Gasteiger partial charge >= 0.3 is 12.1 Å². The molecule has 0 spiro atoms. The quantitative estimate of drug-likeness (QED) is 0.169. The molecule has 1 saturated heterocycles. The largest absolute Gasteiger partial charge is 0.457 e. The SMILES string of the molecule is Cc1ccc(-n2nc(C(C)(C)C)cc2NC(=O)Nc2ccc(Oc3ccnc(NC(=O)ON4CCCC4)c3)c3ccccc23)cc1. The molecular weight excluding hydrogens is 582 g/mol. The lowest BCUT2D eigenvalue weighted by molar-refractivity contribution is -0.0739. The van der Waals surface area contributed by atoms with Crippen LogP contribution in [0.4, 0.5) is 26.9 Å². The second-order valence-electron chi connectivity index (χ2n) is 12.3. The van der Waals surface area contributed by atoms with E-state index in [2.05, 4.69) is 41.7 Å². The second-order valence-corrected chi connectivity index (χ2v) is 12.3. The Morgan fingerprint density at radius 1 is 0.848 bits per heavy atom. The zero-order valence-corrected chi connectivity index (χ0v) is 26.3. The van der Waals surface area contributed by atoms with Crippen molar-refractivity contribution in [3.63, 3.8) is 0 Å². The van der Waals surface area contributed by atoms with Gasteiger partial charge in [0.05, 0.1) is 17.1 Å². The van der Waals surface area contributed by atoms with Gasteiger partial charge in [-0.1, -0.05) is 62.7 Å². The van der Waals surface area contributed by atoms with Crippen molar-refractivity contribution in [1.82, 2.24) is 19.8 Å². The topological polar surface area (TPSA) is 123 Å². The highest BCUT2D eigenvalue weighted by molar-refractivity contribution is 6.07. The van der Waals surface area contributed by atoms with Gasteiger partial charge in [-0.25, -0.2) is 19.3 Å². The van der Waals surface area contributed by atoms with Crippen LogP contribution >= 0.6 is 0 Å². The Morgan fingerprint density at radius 3 is 2.33 bits per heavy atom. The number of hydrogen-bond acceptors (Lipinski definition) is 7. The van der Waals surface area contributed by atoms with E-state index in [1.165, 1.54) is 0 Å². The van der Waals surface area contributed by atoms with Crippen LogP contribution in [0.5, 0.6) is 11.5 Å². The highest BCUT2D eigenvalue weighted by Crippen LogP contribution is 2.35. The normalized spacial score (nSPS) is 13.4. The molecule has 3 amide bonds. The number of ether oxygens (including phenoxy) is 1. The van der Waals surface area contributed by atoms with E-state index in [0.717, 1.165) is 53.6 Å². The predicted octanol–water partition coefficient (Wildman–Crippen LogP) is 8.02. The van der Waals surface area contributed by atoms with Crippen molar-refractivity contribution in [2.75, 3.05) is 29.0 Å². The van der Waals surface area contributed by atoms with E-state index in [0.29, 0.717) is 28.8 Å². The third-order valence-corrected chi connectivity index (χ3v) is 7.60. The summed E-state index contributed by atoms with van der Waals surface area (Å²) in [6.07, 6.45) is 2.96. The predicted molar refractivity (Wildman–Crippen MR) is 179 cm³/mol. The molecule has 2 aromatic heterocycles. The molecule has 46 heavy (non-hydrogen) atoms. The molecule has 0 radical (unpaired) electrons. The van der Waals surface area contributed by atoms with Crippen LogP contribution in [0.1, 0.15) is 44.9 Å². The summed E-state index contributed by atoms with van der Waals surface area (Å²) in [5.74, 6) is 1.92. The number of hydroxylamine groups is 2. The molecule has 5 aromatic rings. The molecule has 1 aliphatic rings. The summed E-state index contributed by atoms with van der Waals surface area (Å²) < 4.78 is 7.98. The highest BCUT2D eigenvalue weighted by Gasteiger charge is 2.22. The van der Waals surface area contributed by atoms with Gasteiger partial charge in [-0.3, -0.25) is 10.6 Å². The van der Waals surface area contributed by atoms with Crippen molar-refractivity contribution in [3.8, 4) is 17.2 Å². The number of urea groups is 1. The van der Waals surface area contributed by atoms with Crippen LogP contribution in [0.3, 0.4) is 0 Å². The highest BCUT2D eigenvalue weighted by atomic mass is 16.7. The van der Waals surface area contributed by atoms with Gasteiger partial charge in [0.25, 0.3) is 0 Å². The van der Waals surface area contributed by atoms with Crippen LogP contribution in [0.25, 0.3) is 16.5 Å². The lowest BCUT2D eigenvalue weighted by Gasteiger charge is -2.15. The number of nitrogens with one attached hydrogen (secondary N) is 3. The molecule has 0 bridgehead atoms. The third-order valence-electron chi connectivity index (χ3n) is 7.60. The third kappa shape index (κ3) is 7.10. The molecular formula is C35H37N7O4. The van der Waals surface area contributed by atoms with Gasteiger partial charge in [-0.05, 0) is 50.1 Å². The molecule has 0 atom stereocenters. The molecule has 11 nitrogen and oxygen atoms in total. The fraction of sp³-hybridized carbons (Fsp3) is 0.257. The summed E-state index contributed by atoms with van der Waals surface area (Å²) in [7, 11) is 0. The average Bonchev–Trinajstić information content (AvgIpc) is 3.69. The smallest absolute Gasteiger partial charge is 0.431 e. The van der Waals surface area contributed by atoms with E-state index in [9.17, 15) is 9.59 Å². The monoisotopic (exact) mass is 619 g/mol. The van der Waals surface area contributed by atoms with Crippen molar-refractivity contribution < 1.29 is 19.2 Å². The number of nitrogens with zero attached hydrogens (tertiary/aromatic N) is 4. The number of fused-ring (bicyclic) bond motifs is 1. The molecule has 0 saturated carbocycles. The van der Waals surface area contributed by atoms with E-state index in [1.807, 2.05) is 61.5 Å². The maximum Gasteiger partial charge on any atom is 0.431 e. The van der Waals surface area contributed by atoms with E-state index >= 15 is 0 Å². The maximum absolute atomic E-state index is 13.4. The van der Waals surface area contributed by atoms with Crippen LogP contribution in [-0.4, -0.2) is 45.0 Å². The van der Waals surface area contributed by atoms with Gasteiger partial charge < -0.3 is 14.9 Å². The Bertz CT molecular complexity index is 1870. The molecule has 1 aliphatic heterocycles. The number of benzene rings is 3. The molecule has 1 fully saturated rings. The minimum Gasteiger partial charge on any atom is -0.457 e. The van der Waals surface area contributed by atoms with E-state index < -0.39 is 12.1 Å². The summed E-state index contributed by atoms with van der Waals surface area (Å²) in [6, 6.07) is 24.0. The number of rotatable bonds is 7. The summed E-state index contributed by atoms with van der Waals surface area (Å²) >= 11 is 0. The fourth-order valence-corrected chi connectivity index (χ4v) is 5.15. The van der Waals surface area contributed by atoms with Crippen molar-refractivity contribution in [2.24, 2.45) is 0 Å². The van der Waals surface area contributed by atoms with Crippen molar-refractivity contribution >= 4 is 40.2 Å². The van der Waals surface area contributed by atoms with Crippen LogP contribution in [-0.2, 0) is 10.3 Å². The zero-order chi connectivity index (χ0) is 32.3. The Balaban J connectivity index is 1.19. The molecule has 3 aromatic carbocycles. The van der Waals surface area contributed by atoms with Crippen LogP contribution in [0.15, 0.2) is 85.1 Å². The van der Waals surface area contributed by atoms with Crippen LogP contribution in [0, 0.1) is 6.92 Å². The van der Waals surface area contributed by atoms with Crippen molar-refractivity contribution in [2.45, 2.75) is 46.0 Å². The van der Waals surface area contributed by atoms with E-state index in [1.54, 1.807) is 40.2 Å². The van der Waals surface area contributed by atoms with Gasteiger partial charge in [-0.2, -0.15) is 5.10 Å². The van der Waals surface area contributed by atoms with Crippen molar-refractivity contribution in [1.29, 1.82) is 0 Å². The molecule has 11 heteroatoms. The maximum atomic E-state index is 13.4. The van der Waals surface area contributed by atoms with Gasteiger partial charge in [0.15, 0.2) is 0 Å². The zero-order valence-electron chi connectivity index (χ0n) is 26.3. The molecule has 0 aliphatic carbocycles. The van der Waals surface area contributed by atoms with Crippen LogP contribution < -0.4 is 20.7 Å². The summed E-state index contributed by atoms with van der Waals surface area (Å²) in [5.41, 5.74) is 3.24. The van der Waals surface area contributed by atoms with Gasteiger partial charge in [0.1, 0.15) is 23.1 Å². The first-order valence-corrected chi connectivity index (χ1v) is 15.3. The van der Waals surface area contributed by atoms with Gasteiger partial charge in [-0.15, -0.1) is 5.06 Å². The number of aryl methyl sites for hydroxylation is 1. The standard InChI is InChI=1S/C35H37N7O4/c1-23-11-13-24(14-12-23)42-32(22-30(40-42)35(2,3)4)39-33(43)37-28-15-16-29(27-10-6-5-9-26(27)28)45-25-17-18-36-31(21-25)38-34(44)46-41-19-7-8-20-41/h5-6,9-18,21-22H,7-8,19-20H2,1-4H3,(H,36,38,44)(H2,37,39,43). The lowest BCUT2D eigenvalue weighted by Crippen LogP contribution is -2.27. The average molecular weight is 620 g/mol. The number of hydrogen-bond donors (Lipinski definition) is 3. The Hall–Kier alpha value is -5.42. The fourth-order valence-electron chi connectivity index (χ4n) is 5.15. The number of carbonyl (C=O) groups is 2. The number of anilines is 3.